The molecule has 0 heterocycles. The lowest BCUT2D eigenvalue weighted by atomic mass is 10.2. The Kier molecular flexibility index (Phi) is 7.41. The van der Waals surface area contributed by atoms with Gasteiger partial charge in [-0.05, 0) is 60.6 Å². The first kappa shape index (κ1) is 16.8. The summed E-state index contributed by atoms with van der Waals surface area (Å²) in [4.78, 5) is 13.9. The molecule has 0 aromatic heterocycles. The zero-order valence-corrected chi connectivity index (χ0v) is 12.7. The summed E-state index contributed by atoms with van der Waals surface area (Å²) < 4.78 is 5.51. The lowest BCUT2D eigenvalue weighted by Crippen LogP contribution is -2.43. The summed E-state index contributed by atoms with van der Waals surface area (Å²) in [6.45, 7) is 13.9. The van der Waals surface area contributed by atoms with Crippen LogP contribution in [0.4, 0.5) is 4.79 Å². The number of carbonyl (C=O) groups is 1. The van der Waals surface area contributed by atoms with E-state index in [0.29, 0.717) is 0 Å². The van der Waals surface area contributed by atoms with Crippen LogP contribution in [-0.2, 0) is 4.74 Å². The smallest absolute Gasteiger partial charge is 0.411 e. The average Bonchev–Trinajstić information content (AvgIpc) is 2.14. The van der Waals surface area contributed by atoms with Crippen LogP contribution < -0.4 is 0 Å². The highest BCUT2D eigenvalue weighted by molar-refractivity contribution is 5.69. The summed E-state index contributed by atoms with van der Waals surface area (Å²) in [6, 6.07) is 0.269. The van der Waals surface area contributed by atoms with Gasteiger partial charge in [0, 0.05) is 12.1 Å². The van der Waals surface area contributed by atoms with E-state index in [9.17, 15) is 4.79 Å². The Morgan fingerprint density at radius 1 is 1.11 bits per heavy atom. The molecule has 0 N–H and O–H groups in total. The number of allylic oxidation sites excluding steroid dienone is 2. The van der Waals surface area contributed by atoms with E-state index in [2.05, 4.69) is 0 Å². The molecule has 0 aliphatic heterocycles. The second kappa shape index (κ2) is 7.96. The van der Waals surface area contributed by atoms with Crippen molar-refractivity contribution in [3.05, 3.63) is 23.8 Å². The Bertz CT molecular complexity index is 304. The fourth-order valence-corrected chi connectivity index (χ4v) is 1.84. The fraction of sp³-hybridized carbons (Fsp3) is 0.667. The lowest BCUT2D eigenvalue weighted by Gasteiger charge is -2.30. The van der Waals surface area contributed by atoms with E-state index >= 15 is 0 Å². The van der Waals surface area contributed by atoms with Crippen LogP contribution in [0, 0.1) is 0 Å². The van der Waals surface area contributed by atoms with Gasteiger partial charge in [-0.3, -0.25) is 0 Å². The number of rotatable bonds is 5. The van der Waals surface area contributed by atoms with Gasteiger partial charge >= 0.3 is 6.09 Å². The summed E-state index contributed by atoms with van der Waals surface area (Å²) in [5.74, 6) is 0. The summed E-state index contributed by atoms with van der Waals surface area (Å²) in [5, 5.41) is 0. The minimum Gasteiger partial charge on any atom is -0.438 e. The van der Waals surface area contributed by atoms with Gasteiger partial charge in [-0.2, -0.15) is 0 Å². The zero-order valence-electron chi connectivity index (χ0n) is 12.7. The molecule has 1 amide bonds. The van der Waals surface area contributed by atoms with Gasteiger partial charge in [-0.25, -0.2) is 4.79 Å². The third kappa shape index (κ3) is 5.89. The number of ether oxygens (including phenoxy) is 1. The number of hydrogen-bond acceptors (Lipinski definition) is 2. The van der Waals surface area contributed by atoms with Gasteiger partial charge in [0.2, 0.25) is 0 Å². The Balaban J connectivity index is 4.82. The van der Waals surface area contributed by atoms with E-state index in [1.807, 2.05) is 66.7 Å². The van der Waals surface area contributed by atoms with Crippen LogP contribution in [-0.4, -0.2) is 29.2 Å². The molecule has 0 radical (unpaired) electrons. The van der Waals surface area contributed by atoms with Crippen molar-refractivity contribution in [1.29, 1.82) is 0 Å². The molecule has 1 atom stereocenters. The van der Waals surface area contributed by atoms with Gasteiger partial charge < -0.3 is 9.64 Å². The van der Waals surface area contributed by atoms with Gasteiger partial charge in [0.15, 0.2) is 0 Å². The molecule has 3 nitrogen and oxygen atoms in total. The molecule has 0 bridgehead atoms. The maximum absolute atomic E-state index is 12.1. The van der Waals surface area contributed by atoms with E-state index in [4.69, 9.17) is 4.74 Å². The van der Waals surface area contributed by atoms with Crippen LogP contribution in [0.25, 0.3) is 0 Å². The Morgan fingerprint density at radius 3 is 1.94 bits per heavy atom. The second-order valence-corrected chi connectivity index (χ2v) is 5.21. The topological polar surface area (TPSA) is 29.5 Å². The van der Waals surface area contributed by atoms with E-state index < -0.39 is 0 Å². The first-order valence-electron chi connectivity index (χ1n) is 6.56. The van der Waals surface area contributed by atoms with Gasteiger partial charge in [0.05, 0.1) is 0 Å². The average molecular weight is 253 g/mol. The zero-order chi connectivity index (χ0) is 14.3. The molecule has 0 spiro atoms. The molecular formula is C15H27NO2. The highest BCUT2D eigenvalue weighted by atomic mass is 16.6. The molecule has 18 heavy (non-hydrogen) atoms. The van der Waals surface area contributed by atoms with Gasteiger partial charge in [0.1, 0.15) is 6.10 Å². The summed E-state index contributed by atoms with van der Waals surface area (Å²) in [7, 11) is 0. The molecule has 0 aromatic carbocycles. The molecule has 1 unspecified atom stereocenters. The van der Waals surface area contributed by atoms with Crippen molar-refractivity contribution >= 4 is 6.09 Å². The molecule has 0 aromatic rings. The van der Waals surface area contributed by atoms with Crippen LogP contribution in [0.15, 0.2) is 23.8 Å². The lowest BCUT2D eigenvalue weighted by molar-refractivity contribution is 0.0719. The first-order valence-corrected chi connectivity index (χ1v) is 6.56. The third-order valence-electron chi connectivity index (χ3n) is 2.44. The summed E-state index contributed by atoms with van der Waals surface area (Å²) >= 11 is 0. The number of amides is 1. The maximum Gasteiger partial charge on any atom is 0.411 e. The largest absolute Gasteiger partial charge is 0.438 e. The normalized spacial score (nSPS) is 12.9. The van der Waals surface area contributed by atoms with Crippen molar-refractivity contribution in [1.82, 2.24) is 4.90 Å². The molecule has 3 heteroatoms. The van der Waals surface area contributed by atoms with Crippen LogP contribution in [0.5, 0.6) is 0 Å². The second-order valence-electron chi connectivity index (χ2n) is 5.21. The molecule has 0 saturated carbocycles. The highest BCUT2D eigenvalue weighted by Gasteiger charge is 2.23. The first-order chi connectivity index (χ1) is 8.29. The number of carbonyl (C=O) groups excluding carboxylic acids is 1. The molecule has 0 saturated heterocycles. The number of hydrogen-bond donors (Lipinski definition) is 0. The monoisotopic (exact) mass is 253 g/mol. The Morgan fingerprint density at radius 2 is 1.61 bits per heavy atom. The third-order valence-corrected chi connectivity index (χ3v) is 2.44. The SMILES string of the molecule is C/C=C/C(C=C(C)C)OC(=O)N(C(C)C)C(C)C. The number of nitrogens with zero attached hydrogens (tertiary/aromatic N) is 1. The van der Waals surface area contributed by atoms with Crippen molar-refractivity contribution in [2.24, 2.45) is 0 Å². The molecular weight excluding hydrogens is 226 g/mol. The van der Waals surface area contributed by atoms with Crippen LogP contribution in [0.3, 0.4) is 0 Å². The van der Waals surface area contributed by atoms with Crippen LogP contribution in [0.2, 0.25) is 0 Å². The standard InChI is InChI=1S/C15H27NO2/c1-8-9-14(10-11(2)3)18-15(17)16(12(4)5)13(6)7/h8-10,12-14H,1-7H3/b9-8+. The molecule has 0 rings (SSSR count). The maximum atomic E-state index is 12.1. The minimum atomic E-state index is -0.285. The molecule has 0 fully saturated rings. The predicted molar refractivity (Wildman–Crippen MR) is 76.6 cm³/mol. The van der Waals surface area contributed by atoms with E-state index in [-0.39, 0.29) is 24.3 Å². The summed E-state index contributed by atoms with van der Waals surface area (Å²) in [5.41, 5.74) is 1.13. The predicted octanol–water partition coefficient (Wildman–Crippen LogP) is 4.15. The van der Waals surface area contributed by atoms with Crippen LogP contribution >= 0.6 is 0 Å². The van der Waals surface area contributed by atoms with Crippen molar-refractivity contribution in [3.8, 4) is 0 Å². The van der Waals surface area contributed by atoms with Crippen molar-refractivity contribution in [2.45, 2.75) is 66.7 Å². The highest BCUT2D eigenvalue weighted by Crippen LogP contribution is 2.11. The van der Waals surface area contributed by atoms with Gasteiger partial charge in [0.25, 0.3) is 0 Å². The van der Waals surface area contributed by atoms with Crippen molar-refractivity contribution in [3.63, 3.8) is 0 Å². The Labute approximate surface area is 112 Å². The van der Waals surface area contributed by atoms with E-state index in [1.165, 1.54) is 0 Å². The Hall–Kier alpha value is -1.25. The fourth-order valence-electron chi connectivity index (χ4n) is 1.84. The van der Waals surface area contributed by atoms with Gasteiger partial charge in [-0.1, -0.05) is 11.6 Å². The van der Waals surface area contributed by atoms with Gasteiger partial charge in [-0.15, -0.1) is 0 Å². The van der Waals surface area contributed by atoms with E-state index in [0.717, 1.165) is 5.57 Å². The molecule has 0 aliphatic rings. The molecule has 0 aliphatic carbocycles. The van der Waals surface area contributed by atoms with Crippen molar-refractivity contribution in [2.75, 3.05) is 0 Å². The van der Waals surface area contributed by atoms with Crippen molar-refractivity contribution < 1.29 is 9.53 Å². The van der Waals surface area contributed by atoms with E-state index in [1.54, 1.807) is 4.90 Å². The molecule has 104 valence electrons. The minimum absolute atomic E-state index is 0.135. The summed E-state index contributed by atoms with van der Waals surface area (Å²) in [6.07, 6.45) is 5.17. The quantitative estimate of drug-likeness (QED) is 0.689. The van der Waals surface area contributed by atoms with Crippen LogP contribution in [0.1, 0.15) is 48.5 Å².